The van der Waals surface area contributed by atoms with Gasteiger partial charge < -0.3 is 20.9 Å². The Kier molecular flexibility index (Phi) is 3.31. The predicted octanol–water partition coefficient (Wildman–Crippen LogP) is 0.741. The maximum atomic E-state index is 9.18. The van der Waals surface area contributed by atoms with Gasteiger partial charge in [0.2, 0.25) is 0 Å². The molecule has 0 saturated heterocycles. The molecule has 4 heteroatoms. The van der Waals surface area contributed by atoms with Crippen molar-refractivity contribution < 1.29 is 9.84 Å². The minimum absolute atomic E-state index is 0.113. The summed E-state index contributed by atoms with van der Waals surface area (Å²) in [6, 6.07) is 5.98. The molecule has 0 bridgehead atoms. The number of benzene rings is 1. The first-order chi connectivity index (χ1) is 7.69. The number of aliphatic hydroxyl groups excluding tert-OH is 1. The van der Waals surface area contributed by atoms with Crippen molar-refractivity contribution in [1.82, 2.24) is 0 Å². The van der Waals surface area contributed by atoms with Crippen molar-refractivity contribution in [3.05, 3.63) is 23.8 Å². The zero-order valence-corrected chi connectivity index (χ0v) is 9.44. The van der Waals surface area contributed by atoms with Crippen LogP contribution in [0.15, 0.2) is 18.2 Å². The first kappa shape index (κ1) is 11.2. The number of anilines is 1. The Bertz CT molecular complexity index is 366. The van der Waals surface area contributed by atoms with E-state index in [0.717, 1.165) is 17.9 Å². The second kappa shape index (κ2) is 4.72. The average Bonchev–Trinajstić information content (AvgIpc) is 2.68. The van der Waals surface area contributed by atoms with Gasteiger partial charge in [-0.05, 0) is 30.7 Å². The maximum absolute atomic E-state index is 9.18. The summed E-state index contributed by atoms with van der Waals surface area (Å²) in [5, 5.41) is 12.4. The van der Waals surface area contributed by atoms with E-state index >= 15 is 0 Å². The van der Waals surface area contributed by atoms with E-state index in [-0.39, 0.29) is 12.2 Å². The van der Waals surface area contributed by atoms with Gasteiger partial charge in [-0.25, -0.2) is 0 Å². The second-order valence-electron chi connectivity index (χ2n) is 4.23. The maximum Gasteiger partial charge on any atom is 0.123 e. The molecule has 0 aromatic heterocycles. The van der Waals surface area contributed by atoms with Crippen LogP contribution < -0.4 is 15.8 Å². The summed E-state index contributed by atoms with van der Waals surface area (Å²) in [5.74, 6) is 0.929. The van der Waals surface area contributed by atoms with Gasteiger partial charge in [0, 0.05) is 25.2 Å². The normalized spacial score (nSPS) is 20.1. The Morgan fingerprint density at radius 3 is 3.12 bits per heavy atom. The minimum atomic E-state index is -0.346. The summed E-state index contributed by atoms with van der Waals surface area (Å²) >= 11 is 0. The molecule has 2 atom stereocenters. The molecule has 4 N–H and O–H groups in total. The van der Waals surface area contributed by atoms with Crippen molar-refractivity contribution in [3.8, 4) is 5.75 Å². The van der Waals surface area contributed by atoms with Crippen LogP contribution in [0.2, 0.25) is 0 Å². The van der Waals surface area contributed by atoms with Gasteiger partial charge >= 0.3 is 0 Å². The van der Waals surface area contributed by atoms with Crippen LogP contribution in [-0.2, 0) is 6.42 Å². The molecule has 1 aliphatic heterocycles. The number of ether oxygens (including phenoxy) is 1. The zero-order chi connectivity index (χ0) is 11.5. The van der Waals surface area contributed by atoms with E-state index in [4.69, 9.17) is 10.5 Å². The van der Waals surface area contributed by atoms with Crippen LogP contribution in [0.25, 0.3) is 0 Å². The molecule has 1 aromatic rings. The molecular formula is C12H18N2O2. The average molecular weight is 222 g/mol. The van der Waals surface area contributed by atoms with E-state index < -0.39 is 0 Å². The summed E-state index contributed by atoms with van der Waals surface area (Å²) in [6.45, 7) is 2.86. The Labute approximate surface area is 95.4 Å². The summed E-state index contributed by atoms with van der Waals surface area (Å²) in [7, 11) is 0. The van der Waals surface area contributed by atoms with Gasteiger partial charge in [0.05, 0.1) is 6.10 Å². The number of aliphatic hydroxyl groups is 1. The van der Waals surface area contributed by atoms with Gasteiger partial charge in [-0.3, -0.25) is 0 Å². The Balaban J connectivity index is 2.04. The van der Waals surface area contributed by atoms with Gasteiger partial charge in [0.25, 0.3) is 0 Å². The fraction of sp³-hybridized carbons (Fsp3) is 0.500. The molecule has 1 aromatic carbocycles. The van der Waals surface area contributed by atoms with Crippen LogP contribution in [-0.4, -0.2) is 30.4 Å². The number of hydrogen-bond donors (Lipinski definition) is 3. The van der Waals surface area contributed by atoms with E-state index in [9.17, 15) is 5.11 Å². The number of nitrogens with two attached hydrogens (primary N) is 1. The predicted molar refractivity (Wildman–Crippen MR) is 63.8 cm³/mol. The third-order valence-electron chi connectivity index (χ3n) is 2.67. The quantitative estimate of drug-likeness (QED) is 0.703. The van der Waals surface area contributed by atoms with Crippen molar-refractivity contribution in [2.45, 2.75) is 25.6 Å². The third kappa shape index (κ3) is 2.46. The highest BCUT2D eigenvalue weighted by atomic mass is 16.5. The molecule has 16 heavy (non-hydrogen) atoms. The molecule has 0 saturated carbocycles. The molecule has 0 spiro atoms. The highest BCUT2D eigenvalue weighted by Gasteiger charge is 2.21. The van der Waals surface area contributed by atoms with Crippen LogP contribution in [0.4, 0.5) is 5.69 Å². The van der Waals surface area contributed by atoms with Crippen LogP contribution in [0.5, 0.6) is 5.75 Å². The molecule has 0 aliphatic carbocycles. The van der Waals surface area contributed by atoms with Crippen molar-refractivity contribution in [1.29, 1.82) is 0 Å². The highest BCUT2D eigenvalue weighted by molar-refractivity contribution is 5.52. The largest absolute Gasteiger partial charge is 0.488 e. The van der Waals surface area contributed by atoms with Crippen molar-refractivity contribution >= 4 is 5.69 Å². The van der Waals surface area contributed by atoms with Crippen molar-refractivity contribution in [3.63, 3.8) is 0 Å². The Hall–Kier alpha value is -1.26. The van der Waals surface area contributed by atoms with Crippen LogP contribution in [0, 0.1) is 0 Å². The van der Waals surface area contributed by atoms with E-state index in [0.29, 0.717) is 13.1 Å². The highest BCUT2D eigenvalue weighted by Crippen LogP contribution is 2.30. The van der Waals surface area contributed by atoms with Gasteiger partial charge in [-0.2, -0.15) is 0 Å². The molecule has 4 nitrogen and oxygen atoms in total. The zero-order valence-electron chi connectivity index (χ0n) is 9.44. The molecule has 0 fully saturated rings. The van der Waals surface area contributed by atoms with Gasteiger partial charge in [-0.15, -0.1) is 0 Å². The summed E-state index contributed by atoms with van der Waals surface area (Å²) in [4.78, 5) is 0. The SMILES string of the molecule is CC(O)CNc1ccc2c(c1)CC(CN)O2. The number of nitrogens with one attached hydrogen (secondary N) is 1. The number of rotatable bonds is 4. The lowest BCUT2D eigenvalue weighted by molar-refractivity contribution is 0.208. The molecule has 88 valence electrons. The standard InChI is InChI=1S/C12H18N2O2/c1-8(15)7-14-10-2-3-12-9(4-10)5-11(6-13)16-12/h2-4,8,11,14-15H,5-7,13H2,1H3. The molecule has 0 amide bonds. The van der Waals surface area contributed by atoms with E-state index in [1.165, 1.54) is 5.56 Å². The lowest BCUT2D eigenvalue weighted by Crippen LogP contribution is -2.24. The van der Waals surface area contributed by atoms with Gasteiger partial charge in [0.1, 0.15) is 11.9 Å². The van der Waals surface area contributed by atoms with Crippen LogP contribution in [0.1, 0.15) is 12.5 Å². The van der Waals surface area contributed by atoms with Gasteiger partial charge in [0.15, 0.2) is 0 Å². The van der Waals surface area contributed by atoms with E-state index in [2.05, 4.69) is 11.4 Å². The lowest BCUT2D eigenvalue weighted by atomic mass is 10.1. The van der Waals surface area contributed by atoms with Crippen LogP contribution in [0.3, 0.4) is 0 Å². The third-order valence-corrected chi connectivity index (χ3v) is 2.67. The lowest BCUT2D eigenvalue weighted by Gasteiger charge is -2.09. The van der Waals surface area contributed by atoms with Crippen molar-refractivity contribution in [2.24, 2.45) is 5.73 Å². The first-order valence-electron chi connectivity index (χ1n) is 5.60. The summed E-state index contributed by atoms with van der Waals surface area (Å²) < 4.78 is 5.63. The monoisotopic (exact) mass is 222 g/mol. The molecule has 2 rings (SSSR count). The molecular weight excluding hydrogens is 204 g/mol. The molecule has 1 aliphatic rings. The molecule has 0 radical (unpaired) electrons. The topological polar surface area (TPSA) is 67.5 Å². The summed E-state index contributed by atoms with van der Waals surface area (Å²) in [6.07, 6.45) is 0.638. The second-order valence-corrected chi connectivity index (χ2v) is 4.23. The van der Waals surface area contributed by atoms with Gasteiger partial charge in [-0.1, -0.05) is 0 Å². The van der Waals surface area contributed by atoms with Crippen LogP contribution >= 0.6 is 0 Å². The Morgan fingerprint density at radius 1 is 1.62 bits per heavy atom. The smallest absolute Gasteiger partial charge is 0.123 e. The minimum Gasteiger partial charge on any atom is -0.488 e. The number of hydrogen-bond acceptors (Lipinski definition) is 4. The number of fused-ring (bicyclic) bond motifs is 1. The van der Waals surface area contributed by atoms with E-state index in [1.54, 1.807) is 6.92 Å². The fourth-order valence-electron chi connectivity index (χ4n) is 1.83. The van der Waals surface area contributed by atoms with E-state index in [1.807, 2.05) is 12.1 Å². The van der Waals surface area contributed by atoms with Crippen molar-refractivity contribution in [2.75, 3.05) is 18.4 Å². The Morgan fingerprint density at radius 2 is 2.44 bits per heavy atom. The fourth-order valence-corrected chi connectivity index (χ4v) is 1.83. The summed E-state index contributed by atoms with van der Waals surface area (Å²) in [5.41, 5.74) is 7.78. The molecule has 1 heterocycles. The molecule has 2 unspecified atom stereocenters. The first-order valence-corrected chi connectivity index (χ1v) is 5.60.